The molecule has 5 heteroatoms. The standard InChI is InChI=1S/C14H11FN4/c15-11-3-1-10(2-4-11)9-18-13-6-5-12-14(19-13)17-8-7-16-12/h1-8H,9H2,(H,17,18,19). The molecule has 0 spiro atoms. The number of halogens is 1. The van der Waals surface area contributed by atoms with E-state index in [0.717, 1.165) is 16.9 Å². The highest BCUT2D eigenvalue weighted by Gasteiger charge is 2.00. The van der Waals surface area contributed by atoms with Gasteiger partial charge in [0.25, 0.3) is 0 Å². The van der Waals surface area contributed by atoms with Gasteiger partial charge < -0.3 is 5.32 Å². The predicted molar refractivity (Wildman–Crippen MR) is 71.1 cm³/mol. The summed E-state index contributed by atoms with van der Waals surface area (Å²) in [7, 11) is 0. The SMILES string of the molecule is Fc1ccc(CNc2ccc3nccnc3n2)cc1. The van der Waals surface area contributed by atoms with Crippen molar-refractivity contribution in [2.45, 2.75) is 6.54 Å². The van der Waals surface area contributed by atoms with E-state index in [1.54, 1.807) is 24.5 Å². The minimum Gasteiger partial charge on any atom is -0.366 e. The van der Waals surface area contributed by atoms with E-state index in [1.165, 1.54) is 12.1 Å². The Bertz CT molecular complexity index is 697. The van der Waals surface area contributed by atoms with E-state index in [9.17, 15) is 4.39 Å². The molecule has 0 saturated carbocycles. The molecule has 1 N–H and O–H groups in total. The zero-order valence-electron chi connectivity index (χ0n) is 10.0. The second-order valence-corrected chi connectivity index (χ2v) is 4.08. The maximum Gasteiger partial charge on any atom is 0.180 e. The summed E-state index contributed by atoms with van der Waals surface area (Å²) in [6.45, 7) is 0.582. The maximum absolute atomic E-state index is 12.8. The van der Waals surface area contributed by atoms with Crippen LogP contribution in [0.3, 0.4) is 0 Å². The van der Waals surface area contributed by atoms with Crippen LogP contribution < -0.4 is 5.32 Å². The lowest BCUT2D eigenvalue weighted by molar-refractivity contribution is 0.627. The third-order valence-electron chi connectivity index (χ3n) is 2.72. The first-order valence-electron chi connectivity index (χ1n) is 5.87. The highest BCUT2D eigenvalue weighted by atomic mass is 19.1. The lowest BCUT2D eigenvalue weighted by Crippen LogP contribution is -2.02. The van der Waals surface area contributed by atoms with Gasteiger partial charge in [0.1, 0.15) is 17.2 Å². The summed E-state index contributed by atoms with van der Waals surface area (Å²) in [6.07, 6.45) is 3.24. The molecule has 0 aliphatic carbocycles. The quantitative estimate of drug-likeness (QED) is 0.780. The van der Waals surface area contributed by atoms with Gasteiger partial charge >= 0.3 is 0 Å². The summed E-state index contributed by atoms with van der Waals surface area (Å²) in [6, 6.07) is 10.1. The molecule has 94 valence electrons. The van der Waals surface area contributed by atoms with Crippen LogP contribution in [0.15, 0.2) is 48.8 Å². The van der Waals surface area contributed by atoms with Gasteiger partial charge in [0.05, 0.1) is 0 Å². The van der Waals surface area contributed by atoms with Crippen LogP contribution in [-0.2, 0) is 6.54 Å². The summed E-state index contributed by atoms with van der Waals surface area (Å²) < 4.78 is 12.8. The molecule has 3 rings (SSSR count). The number of hydrogen-bond donors (Lipinski definition) is 1. The third kappa shape index (κ3) is 2.65. The highest BCUT2D eigenvalue weighted by Crippen LogP contribution is 2.11. The van der Waals surface area contributed by atoms with Crippen LogP contribution in [0.2, 0.25) is 0 Å². The van der Waals surface area contributed by atoms with Crippen molar-refractivity contribution in [2.24, 2.45) is 0 Å². The summed E-state index contributed by atoms with van der Waals surface area (Å²) in [5.74, 6) is 0.486. The molecular weight excluding hydrogens is 243 g/mol. The second-order valence-electron chi connectivity index (χ2n) is 4.08. The van der Waals surface area contributed by atoms with Crippen molar-refractivity contribution in [1.29, 1.82) is 0 Å². The van der Waals surface area contributed by atoms with E-state index in [-0.39, 0.29) is 5.82 Å². The molecule has 2 aromatic heterocycles. The monoisotopic (exact) mass is 254 g/mol. The van der Waals surface area contributed by atoms with Gasteiger partial charge in [-0.05, 0) is 29.8 Å². The number of nitrogens with zero attached hydrogens (tertiary/aromatic N) is 3. The summed E-state index contributed by atoms with van der Waals surface area (Å²) in [5, 5.41) is 3.17. The Morgan fingerprint density at radius 2 is 1.74 bits per heavy atom. The van der Waals surface area contributed by atoms with Crippen molar-refractivity contribution in [3.63, 3.8) is 0 Å². The molecule has 0 fully saturated rings. The molecule has 0 aliphatic heterocycles. The van der Waals surface area contributed by atoms with E-state index in [0.29, 0.717) is 12.2 Å². The Morgan fingerprint density at radius 1 is 0.947 bits per heavy atom. The molecule has 0 atom stereocenters. The molecular formula is C14H11FN4. The topological polar surface area (TPSA) is 50.7 Å². The minimum absolute atomic E-state index is 0.233. The summed E-state index contributed by atoms with van der Waals surface area (Å²) in [5.41, 5.74) is 2.35. The second kappa shape index (κ2) is 4.97. The van der Waals surface area contributed by atoms with Crippen molar-refractivity contribution < 1.29 is 4.39 Å². The molecule has 0 aliphatic rings. The number of benzene rings is 1. The van der Waals surface area contributed by atoms with E-state index < -0.39 is 0 Å². The Balaban J connectivity index is 1.76. The predicted octanol–water partition coefficient (Wildman–Crippen LogP) is 2.78. The number of hydrogen-bond acceptors (Lipinski definition) is 4. The maximum atomic E-state index is 12.8. The zero-order chi connectivity index (χ0) is 13.1. The molecule has 1 aromatic carbocycles. The van der Waals surface area contributed by atoms with Crippen molar-refractivity contribution >= 4 is 17.0 Å². The van der Waals surface area contributed by atoms with Crippen LogP contribution in [0, 0.1) is 5.82 Å². The van der Waals surface area contributed by atoms with Crippen LogP contribution >= 0.6 is 0 Å². The first-order valence-corrected chi connectivity index (χ1v) is 5.87. The van der Waals surface area contributed by atoms with Crippen molar-refractivity contribution in [2.75, 3.05) is 5.32 Å². The van der Waals surface area contributed by atoms with E-state index in [2.05, 4.69) is 20.3 Å². The number of rotatable bonds is 3. The smallest absolute Gasteiger partial charge is 0.180 e. The zero-order valence-corrected chi connectivity index (χ0v) is 10.0. The molecule has 19 heavy (non-hydrogen) atoms. The van der Waals surface area contributed by atoms with Gasteiger partial charge in [0, 0.05) is 18.9 Å². The minimum atomic E-state index is -0.233. The fourth-order valence-corrected chi connectivity index (χ4v) is 1.75. The van der Waals surface area contributed by atoms with Crippen LogP contribution in [0.1, 0.15) is 5.56 Å². The molecule has 0 bridgehead atoms. The fraction of sp³-hybridized carbons (Fsp3) is 0.0714. The lowest BCUT2D eigenvalue weighted by atomic mass is 10.2. The first kappa shape index (κ1) is 11.5. The molecule has 3 aromatic rings. The first-order chi connectivity index (χ1) is 9.31. The van der Waals surface area contributed by atoms with Gasteiger partial charge in [-0.15, -0.1) is 0 Å². The van der Waals surface area contributed by atoms with Crippen molar-refractivity contribution in [1.82, 2.24) is 15.0 Å². The van der Waals surface area contributed by atoms with Gasteiger partial charge in [0.2, 0.25) is 0 Å². The lowest BCUT2D eigenvalue weighted by Gasteiger charge is -2.06. The molecule has 0 unspecified atom stereocenters. The van der Waals surface area contributed by atoms with E-state index in [1.807, 2.05) is 12.1 Å². The molecule has 0 saturated heterocycles. The van der Waals surface area contributed by atoms with Gasteiger partial charge in [0.15, 0.2) is 5.65 Å². The average molecular weight is 254 g/mol. The van der Waals surface area contributed by atoms with Crippen LogP contribution in [0.5, 0.6) is 0 Å². The van der Waals surface area contributed by atoms with Crippen molar-refractivity contribution in [3.05, 3.63) is 60.2 Å². The Morgan fingerprint density at radius 3 is 2.58 bits per heavy atom. The van der Waals surface area contributed by atoms with Gasteiger partial charge in [-0.25, -0.2) is 14.4 Å². The summed E-state index contributed by atoms with van der Waals surface area (Å²) >= 11 is 0. The number of aromatic nitrogens is 3. The molecule has 2 heterocycles. The van der Waals surface area contributed by atoms with E-state index in [4.69, 9.17) is 0 Å². The Hall–Kier alpha value is -2.56. The summed E-state index contributed by atoms with van der Waals surface area (Å²) in [4.78, 5) is 12.7. The number of pyridine rings is 1. The largest absolute Gasteiger partial charge is 0.366 e. The Kier molecular flexibility index (Phi) is 3.02. The molecule has 0 radical (unpaired) electrons. The van der Waals surface area contributed by atoms with E-state index >= 15 is 0 Å². The molecule has 0 amide bonds. The Labute approximate surface area is 109 Å². The van der Waals surface area contributed by atoms with Gasteiger partial charge in [-0.2, -0.15) is 0 Å². The fourth-order valence-electron chi connectivity index (χ4n) is 1.75. The van der Waals surface area contributed by atoms with Crippen LogP contribution in [-0.4, -0.2) is 15.0 Å². The number of anilines is 1. The normalized spacial score (nSPS) is 10.6. The number of nitrogens with one attached hydrogen (secondary N) is 1. The van der Waals surface area contributed by atoms with Crippen LogP contribution in [0.4, 0.5) is 10.2 Å². The van der Waals surface area contributed by atoms with Crippen molar-refractivity contribution in [3.8, 4) is 0 Å². The number of fused-ring (bicyclic) bond motifs is 1. The highest BCUT2D eigenvalue weighted by molar-refractivity contribution is 5.71. The van der Waals surface area contributed by atoms with Gasteiger partial charge in [-0.3, -0.25) is 4.98 Å². The third-order valence-corrected chi connectivity index (χ3v) is 2.72. The molecule has 4 nitrogen and oxygen atoms in total. The van der Waals surface area contributed by atoms with Crippen LogP contribution in [0.25, 0.3) is 11.2 Å². The van der Waals surface area contributed by atoms with Gasteiger partial charge in [-0.1, -0.05) is 12.1 Å². The average Bonchev–Trinajstić information content (AvgIpc) is 2.46.